The second kappa shape index (κ2) is 6.42. The van der Waals surface area contributed by atoms with Gasteiger partial charge in [0.2, 0.25) is 0 Å². The van der Waals surface area contributed by atoms with E-state index in [-0.39, 0.29) is 0 Å². The number of methoxy groups -OCH3 is 1. The molecule has 0 saturated carbocycles. The molecule has 4 rings (SSSR count). The van der Waals surface area contributed by atoms with Crippen LogP contribution in [0.1, 0.15) is 5.56 Å². The van der Waals surface area contributed by atoms with Gasteiger partial charge in [0.1, 0.15) is 11.6 Å². The summed E-state index contributed by atoms with van der Waals surface area (Å²) in [6.45, 7) is 0. The molecule has 0 atom stereocenters. The summed E-state index contributed by atoms with van der Waals surface area (Å²) in [6.07, 6.45) is 0. The smallest absolute Gasteiger partial charge is 0.139 e. The fourth-order valence-corrected chi connectivity index (χ4v) is 3.62. The SMILES string of the molecule is COc1ccc(NC2=Nc3ccccc3Sc3ccccc32)cc1. The van der Waals surface area contributed by atoms with Crippen molar-refractivity contribution in [2.45, 2.75) is 9.79 Å². The summed E-state index contributed by atoms with van der Waals surface area (Å²) in [5.74, 6) is 1.69. The van der Waals surface area contributed by atoms with Crippen LogP contribution in [0, 0.1) is 0 Å². The number of benzene rings is 3. The van der Waals surface area contributed by atoms with Crippen LogP contribution in [0.4, 0.5) is 11.4 Å². The van der Waals surface area contributed by atoms with Crippen molar-refractivity contribution in [3.63, 3.8) is 0 Å². The van der Waals surface area contributed by atoms with Crippen molar-refractivity contribution in [3.05, 3.63) is 78.4 Å². The molecule has 0 spiro atoms. The molecular formula is C20H16N2OS. The molecule has 3 aromatic carbocycles. The number of rotatable bonds is 2. The Kier molecular flexibility index (Phi) is 3.97. The highest BCUT2D eigenvalue weighted by atomic mass is 32.2. The molecule has 24 heavy (non-hydrogen) atoms. The number of aliphatic imine (C=N–C) groups is 1. The molecule has 1 N–H and O–H groups in total. The third kappa shape index (κ3) is 2.88. The number of hydrogen-bond acceptors (Lipinski definition) is 4. The van der Waals surface area contributed by atoms with E-state index >= 15 is 0 Å². The third-order valence-corrected chi connectivity index (χ3v) is 4.95. The summed E-state index contributed by atoms with van der Waals surface area (Å²) in [4.78, 5) is 7.23. The molecule has 3 nitrogen and oxygen atoms in total. The maximum absolute atomic E-state index is 5.22. The molecule has 1 aliphatic rings. The van der Waals surface area contributed by atoms with E-state index in [1.165, 1.54) is 4.90 Å². The molecule has 0 radical (unpaired) electrons. The summed E-state index contributed by atoms with van der Waals surface area (Å²) in [5, 5.41) is 3.45. The minimum absolute atomic E-state index is 0.838. The summed E-state index contributed by atoms with van der Waals surface area (Å²) < 4.78 is 5.22. The van der Waals surface area contributed by atoms with E-state index < -0.39 is 0 Å². The van der Waals surface area contributed by atoms with Crippen LogP contribution in [0.15, 0.2) is 87.6 Å². The van der Waals surface area contributed by atoms with Gasteiger partial charge in [-0.2, -0.15) is 0 Å². The molecule has 4 heteroatoms. The van der Waals surface area contributed by atoms with E-state index in [0.717, 1.165) is 33.4 Å². The quantitative estimate of drug-likeness (QED) is 0.687. The highest BCUT2D eigenvalue weighted by Crippen LogP contribution is 2.40. The van der Waals surface area contributed by atoms with E-state index in [4.69, 9.17) is 9.73 Å². The van der Waals surface area contributed by atoms with Gasteiger partial charge in [0.25, 0.3) is 0 Å². The van der Waals surface area contributed by atoms with Crippen molar-refractivity contribution in [1.29, 1.82) is 0 Å². The van der Waals surface area contributed by atoms with Gasteiger partial charge in [0.15, 0.2) is 0 Å². The summed E-state index contributed by atoms with van der Waals surface area (Å²) in [5.41, 5.74) is 3.07. The number of amidine groups is 1. The van der Waals surface area contributed by atoms with Crippen LogP contribution in [0.2, 0.25) is 0 Å². The Morgan fingerprint density at radius 2 is 1.54 bits per heavy atom. The van der Waals surface area contributed by atoms with Gasteiger partial charge in [-0.05, 0) is 42.5 Å². The first-order chi connectivity index (χ1) is 11.8. The number of hydrogen-bond donors (Lipinski definition) is 1. The molecule has 0 saturated heterocycles. The van der Waals surface area contributed by atoms with Crippen molar-refractivity contribution >= 4 is 29.0 Å². The zero-order valence-corrected chi connectivity index (χ0v) is 14.0. The van der Waals surface area contributed by atoms with E-state index in [0.29, 0.717) is 0 Å². The van der Waals surface area contributed by atoms with Gasteiger partial charge in [-0.15, -0.1) is 0 Å². The van der Waals surface area contributed by atoms with Crippen molar-refractivity contribution in [3.8, 4) is 5.75 Å². The zero-order chi connectivity index (χ0) is 16.4. The number of anilines is 1. The number of para-hydroxylation sites is 1. The molecule has 0 bridgehead atoms. The Morgan fingerprint density at radius 1 is 0.833 bits per heavy atom. The van der Waals surface area contributed by atoms with Crippen LogP contribution < -0.4 is 10.1 Å². The lowest BCUT2D eigenvalue weighted by atomic mass is 10.2. The third-order valence-electron chi connectivity index (χ3n) is 3.81. The van der Waals surface area contributed by atoms with Gasteiger partial charge >= 0.3 is 0 Å². The van der Waals surface area contributed by atoms with Crippen LogP contribution in [0.3, 0.4) is 0 Å². The lowest BCUT2D eigenvalue weighted by Gasteiger charge is -2.11. The largest absolute Gasteiger partial charge is 0.497 e. The normalized spacial score (nSPS) is 12.5. The minimum Gasteiger partial charge on any atom is -0.497 e. The monoisotopic (exact) mass is 332 g/mol. The molecule has 0 amide bonds. The maximum Gasteiger partial charge on any atom is 0.139 e. The predicted molar refractivity (Wildman–Crippen MR) is 99.8 cm³/mol. The van der Waals surface area contributed by atoms with Crippen LogP contribution >= 0.6 is 11.8 Å². The van der Waals surface area contributed by atoms with E-state index in [1.807, 2.05) is 48.5 Å². The zero-order valence-electron chi connectivity index (χ0n) is 13.2. The standard InChI is InChI=1S/C20H16N2OS/c1-23-15-12-10-14(11-13-15)21-20-16-6-2-4-8-18(16)24-19-9-5-3-7-17(19)22-20/h2-13H,1H3,(H,21,22). The lowest BCUT2D eigenvalue weighted by Crippen LogP contribution is -2.13. The highest BCUT2D eigenvalue weighted by molar-refractivity contribution is 7.99. The predicted octanol–water partition coefficient (Wildman–Crippen LogP) is 5.35. The van der Waals surface area contributed by atoms with Gasteiger partial charge in [0.05, 0.1) is 12.8 Å². The molecule has 0 unspecified atom stereocenters. The van der Waals surface area contributed by atoms with Crippen molar-refractivity contribution in [1.82, 2.24) is 0 Å². The fourth-order valence-electron chi connectivity index (χ4n) is 2.59. The first-order valence-electron chi connectivity index (χ1n) is 7.69. The molecule has 1 heterocycles. The molecule has 118 valence electrons. The van der Waals surface area contributed by atoms with Crippen LogP contribution in [0.5, 0.6) is 5.75 Å². The first-order valence-corrected chi connectivity index (χ1v) is 8.51. The maximum atomic E-state index is 5.22. The van der Waals surface area contributed by atoms with Crippen molar-refractivity contribution in [2.24, 2.45) is 4.99 Å². The Balaban J connectivity index is 1.78. The minimum atomic E-state index is 0.838. The van der Waals surface area contributed by atoms with Gasteiger partial charge in [-0.25, -0.2) is 4.99 Å². The number of ether oxygens (including phenoxy) is 1. The van der Waals surface area contributed by atoms with Crippen molar-refractivity contribution in [2.75, 3.05) is 12.4 Å². The Morgan fingerprint density at radius 3 is 2.33 bits per heavy atom. The van der Waals surface area contributed by atoms with Crippen LogP contribution in [-0.2, 0) is 0 Å². The molecule has 0 aromatic heterocycles. The fraction of sp³-hybridized carbons (Fsp3) is 0.0500. The Hall–Kier alpha value is -2.72. The first kappa shape index (κ1) is 14.8. The van der Waals surface area contributed by atoms with E-state index in [1.54, 1.807) is 18.9 Å². The van der Waals surface area contributed by atoms with Crippen LogP contribution in [-0.4, -0.2) is 12.9 Å². The Bertz CT molecular complexity index is 904. The second-order valence-corrected chi connectivity index (χ2v) is 6.46. The number of nitrogens with one attached hydrogen (secondary N) is 1. The van der Waals surface area contributed by atoms with Gasteiger partial charge in [0, 0.05) is 21.0 Å². The highest BCUT2D eigenvalue weighted by Gasteiger charge is 2.16. The van der Waals surface area contributed by atoms with Gasteiger partial charge in [-0.3, -0.25) is 0 Å². The number of fused-ring (bicyclic) bond motifs is 2. The van der Waals surface area contributed by atoms with E-state index in [2.05, 4.69) is 29.6 Å². The van der Waals surface area contributed by atoms with Crippen LogP contribution in [0.25, 0.3) is 0 Å². The molecule has 3 aromatic rings. The molecule has 1 aliphatic heterocycles. The van der Waals surface area contributed by atoms with Gasteiger partial charge < -0.3 is 10.1 Å². The summed E-state index contributed by atoms with van der Waals surface area (Å²) >= 11 is 1.75. The second-order valence-electron chi connectivity index (χ2n) is 5.38. The lowest BCUT2D eigenvalue weighted by molar-refractivity contribution is 0.415. The van der Waals surface area contributed by atoms with Gasteiger partial charge in [-0.1, -0.05) is 42.1 Å². The average molecular weight is 332 g/mol. The van der Waals surface area contributed by atoms with E-state index in [9.17, 15) is 0 Å². The summed E-state index contributed by atoms with van der Waals surface area (Å²) in [7, 11) is 1.67. The molecule has 0 aliphatic carbocycles. The topological polar surface area (TPSA) is 33.6 Å². The Labute approximate surface area is 145 Å². The average Bonchev–Trinajstić information content (AvgIpc) is 2.79. The number of nitrogens with zero attached hydrogens (tertiary/aromatic N) is 1. The van der Waals surface area contributed by atoms with Crippen molar-refractivity contribution < 1.29 is 4.74 Å². The molecule has 0 fully saturated rings. The summed E-state index contributed by atoms with van der Waals surface area (Å²) in [6, 6.07) is 24.4. The molecular weight excluding hydrogens is 316 g/mol.